The third kappa shape index (κ3) is 2.36. The molecule has 0 aliphatic carbocycles. The molecule has 0 saturated heterocycles. The first-order chi connectivity index (χ1) is 9.79. The van der Waals surface area contributed by atoms with E-state index in [9.17, 15) is 4.39 Å². The van der Waals surface area contributed by atoms with E-state index in [1.807, 2.05) is 18.2 Å². The highest BCUT2D eigenvalue weighted by Gasteiger charge is 2.15. The lowest BCUT2D eigenvalue weighted by Gasteiger charge is -2.21. The quantitative estimate of drug-likeness (QED) is 0.917. The standard InChI is InChI=1S/C17H18FNO/c1-20-16-9-3-6-13(17(16)18)11-12-5-2-8-15-14(12)7-4-10-19-15/h2-3,5-6,8-9,19H,4,7,10-11H2,1H3. The normalized spacial score (nSPS) is 13.5. The summed E-state index contributed by atoms with van der Waals surface area (Å²) in [6.07, 6.45) is 2.79. The number of rotatable bonds is 3. The van der Waals surface area contributed by atoms with Crippen LogP contribution >= 0.6 is 0 Å². The van der Waals surface area contributed by atoms with Gasteiger partial charge in [-0.1, -0.05) is 24.3 Å². The predicted molar refractivity (Wildman–Crippen MR) is 79.0 cm³/mol. The number of nitrogens with one attached hydrogen (secondary N) is 1. The van der Waals surface area contributed by atoms with E-state index in [1.54, 1.807) is 6.07 Å². The molecule has 104 valence electrons. The highest BCUT2D eigenvalue weighted by Crippen LogP contribution is 2.29. The maximum Gasteiger partial charge on any atom is 0.168 e. The maximum absolute atomic E-state index is 14.3. The van der Waals surface area contributed by atoms with E-state index < -0.39 is 0 Å². The van der Waals surface area contributed by atoms with E-state index in [2.05, 4.69) is 17.4 Å². The zero-order chi connectivity index (χ0) is 13.9. The molecular weight excluding hydrogens is 253 g/mol. The van der Waals surface area contributed by atoms with Gasteiger partial charge in [0, 0.05) is 18.7 Å². The van der Waals surface area contributed by atoms with Gasteiger partial charge in [-0.3, -0.25) is 0 Å². The van der Waals surface area contributed by atoms with Crippen LogP contribution in [0.4, 0.5) is 10.1 Å². The van der Waals surface area contributed by atoms with Gasteiger partial charge in [0.1, 0.15) is 0 Å². The summed E-state index contributed by atoms with van der Waals surface area (Å²) in [7, 11) is 1.50. The van der Waals surface area contributed by atoms with Crippen molar-refractivity contribution >= 4 is 5.69 Å². The average Bonchev–Trinajstić information content (AvgIpc) is 2.50. The fourth-order valence-electron chi connectivity index (χ4n) is 2.80. The molecule has 0 aromatic heterocycles. The third-order valence-electron chi connectivity index (χ3n) is 3.84. The Bertz CT molecular complexity index is 624. The second kappa shape index (κ2) is 5.53. The SMILES string of the molecule is COc1cccc(Cc2cccc3c2CCCN3)c1F. The summed E-state index contributed by atoms with van der Waals surface area (Å²) in [5.74, 6) is 0.0572. The van der Waals surface area contributed by atoms with Crippen molar-refractivity contribution in [2.24, 2.45) is 0 Å². The van der Waals surface area contributed by atoms with Crippen molar-refractivity contribution in [3.8, 4) is 5.75 Å². The van der Waals surface area contributed by atoms with E-state index in [4.69, 9.17) is 4.74 Å². The summed E-state index contributed by atoms with van der Waals surface area (Å²) in [5, 5.41) is 3.41. The van der Waals surface area contributed by atoms with Gasteiger partial charge in [0.2, 0.25) is 0 Å². The minimum Gasteiger partial charge on any atom is -0.494 e. The van der Waals surface area contributed by atoms with Gasteiger partial charge < -0.3 is 10.1 Å². The largest absolute Gasteiger partial charge is 0.494 e. The summed E-state index contributed by atoms with van der Waals surface area (Å²) >= 11 is 0. The highest BCUT2D eigenvalue weighted by molar-refractivity contribution is 5.57. The Balaban J connectivity index is 1.96. The first kappa shape index (κ1) is 13.0. The molecule has 20 heavy (non-hydrogen) atoms. The van der Waals surface area contributed by atoms with Gasteiger partial charge in [0.05, 0.1) is 7.11 Å². The molecule has 3 rings (SSSR count). The summed E-state index contributed by atoms with van der Waals surface area (Å²) in [5.41, 5.74) is 4.39. The monoisotopic (exact) mass is 271 g/mol. The number of benzene rings is 2. The average molecular weight is 271 g/mol. The molecule has 0 saturated carbocycles. The van der Waals surface area contributed by atoms with E-state index in [1.165, 1.54) is 23.9 Å². The van der Waals surface area contributed by atoms with Crippen LogP contribution in [0.3, 0.4) is 0 Å². The minimum absolute atomic E-state index is 0.253. The summed E-state index contributed by atoms with van der Waals surface area (Å²) in [6.45, 7) is 1.02. The van der Waals surface area contributed by atoms with Gasteiger partial charge in [0.25, 0.3) is 0 Å². The first-order valence-electron chi connectivity index (χ1n) is 6.95. The Hall–Kier alpha value is -2.03. The second-order valence-corrected chi connectivity index (χ2v) is 5.08. The molecule has 3 heteroatoms. The van der Waals surface area contributed by atoms with Crippen molar-refractivity contribution in [2.75, 3.05) is 19.0 Å². The molecule has 2 aromatic carbocycles. The zero-order valence-electron chi connectivity index (χ0n) is 11.6. The first-order valence-corrected chi connectivity index (χ1v) is 6.95. The van der Waals surface area contributed by atoms with Crippen LogP contribution in [-0.2, 0) is 12.8 Å². The number of anilines is 1. The summed E-state index contributed by atoms with van der Waals surface area (Å²) in [4.78, 5) is 0. The number of fused-ring (bicyclic) bond motifs is 1. The van der Waals surface area contributed by atoms with Crippen LogP contribution in [0.2, 0.25) is 0 Å². The van der Waals surface area contributed by atoms with Gasteiger partial charge in [-0.2, -0.15) is 0 Å². The maximum atomic E-state index is 14.3. The molecular formula is C17H18FNO. The number of methoxy groups -OCH3 is 1. The van der Waals surface area contributed by atoms with Crippen LogP contribution in [0.15, 0.2) is 36.4 Å². The van der Waals surface area contributed by atoms with Crippen molar-refractivity contribution in [1.29, 1.82) is 0 Å². The molecule has 2 nitrogen and oxygen atoms in total. The Morgan fingerprint density at radius 1 is 1.15 bits per heavy atom. The zero-order valence-corrected chi connectivity index (χ0v) is 11.6. The number of halogens is 1. The van der Waals surface area contributed by atoms with Crippen molar-refractivity contribution < 1.29 is 9.13 Å². The van der Waals surface area contributed by atoms with Crippen LogP contribution in [0.1, 0.15) is 23.1 Å². The molecule has 1 aliphatic heterocycles. The number of hydrogen-bond donors (Lipinski definition) is 1. The van der Waals surface area contributed by atoms with Gasteiger partial charge in [-0.05, 0) is 41.7 Å². The third-order valence-corrected chi connectivity index (χ3v) is 3.84. The van der Waals surface area contributed by atoms with Crippen LogP contribution in [0, 0.1) is 5.82 Å². The minimum atomic E-state index is -0.253. The number of ether oxygens (including phenoxy) is 1. The van der Waals surface area contributed by atoms with Gasteiger partial charge >= 0.3 is 0 Å². The van der Waals surface area contributed by atoms with E-state index in [-0.39, 0.29) is 5.82 Å². The summed E-state index contributed by atoms with van der Waals surface area (Å²) < 4.78 is 19.3. The van der Waals surface area contributed by atoms with Crippen LogP contribution in [-0.4, -0.2) is 13.7 Å². The Morgan fingerprint density at radius 3 is 2.80 bits per heavy atom. The molecule has 1 N–H and O–H groups in total. The number of hydrogen-bond acceptors (Lipinski definition) is 2. The summed E-state index contributed by atoms with van der Waals surface area (Å²) in [6, 6.07) is 11.5. The van der Waals surface area contributed by atoms with E-state index in [0.29, 0.717) is 17.7 Å². The smallest absolute Gasteiger partial charge is 0.168 e. The molecule has 0 unspecified atom stereocenters. The molecule has 0 fully saturated rings. The van der Waals surface area contributed by atoms with E-state index in [0.717, 1.165) is 19.4 Å². The molecule has 0 amide bonds. The fraction of sp³-hybridized carbons (Fsp3) is 0.294. The predicted octanol–water partition coefficient (Wildman–Crippen LogP) is 3.78. The molecule has 1 heterocycles. The molecule has 0 atom stereocenters. The van der Waals surface area contributed by atoms with Crippen molar-refractivity contribution in [3.05, 3.63) is 58.9 Å². The highest BCUT2D eigenvalue weighted by atomic mass is 19.1. The van der Waals surface area contributed by atoms with Crippen LogP contribution < -0.4 is 10.1 Å². The van der Waals surface area contributed by atoms with Crippen LogP contribution in [0.25, 0.3) is 0 Å². The van der Waals surface area contributed by atoms with Crippen molar-refractivity contribution in [1.82, 2.24) is 0 Å². The van der Waals surface area contributed by atoms with Crippen molar-refractivity contribution in [3.63, 3.8) is 0 Å². The van der Waals surface area contributed by atoms with Crippen molar-refractivity contribution in [2.45, 2.75) is 19.3 Å². The molecule has 1 aliphatic rings. The Kier molecular flexibility index (Phi) is 3.59. The molecule has 2 aromatic rings. The van der Waals surface area contributed by atoms with Crippen LogP contribution in [0.5, 0.6) is 5.75 Å². The second-order valence-electron chi connectivity index (χ2n) is 5.08. The molecule has 0 spiro atoms. The molecule has 0 radical (unpaired) electrons. The lowest BCUT2D eigenvalue weighted by atomic mass is 9.93. The Labute approximate surface area is 118 Å². The molecule has 0 bridgehead atoms. The van der Waals surface area contributed by atoms with Gasteiger partial charge in [-0.15, -0.1) is 0 Å². The Morgan fingerprint density at radius 2 is 1.95 bits per heavy atom. The lowest BCUT2D eigenvalue weighted by Crippen LogP contribution is -2.13. The fourth-order valence-corrected chi connectivity index (χ4v) is 2.80. The topological polar surface area (TPSA) is 21.3 Å². The lowest BCUT2D eigenvalue weighted by molar-refractivity contribution is 0.384. The van der Waals surface area contributed by atoms with Gasteiger partial charge in [0.15, 0.2) is 11.6 Å². The van der Waals surface area contributed by atoms with Gasteiger partial charge in [-0.25, -0.2) is 4.39 Å². The van der Waals surface area contributed by atoms with E-state index >= 15 is 0 Å².